The van der Waals surface area contributed by atoms with Crippen LogP contribution in [0, 0.1) is 45.6 Å². The number of benzene rings is 1. The number of nitro groups is 1. The third-order valence-electron chi connectivity index (χ3n) is 6.28. The number of hydrogen-bond donors (Lipinski definition) is 0. The van der Waals surface area contributed by atoms with E-state index >= 15 is 0 Å². The van der Waals surface area contributed by atoms with Crippen LogP contribution < -0.4 is 9.64 Å². The summed E-state index contributed by atoms with van der Waals surface area (Å²) in [6.07, 6.45) is 5.33. The van der Waals surface area contributed by atoms with E-state index in [1.165, 1.54) is 30.2 Å². The molecule has 1 aromatic rings. The first-order chi connectivity index (χ1) is 12.0. The number of methoxy groups -OCH3 is 1. The molecule has 2 saturated carbocycles. The first-order valence-corrected chi connectivity index (χ1v) is 8.41. The minimum atomic E-state index is -0.530. The molecule has 3 fully saturated rings. The molecule has 0 spiro atoms. The summed E-state index contributed by atoms with van der Waals surface area (Å²) >= 11 is 0. The van der Waals surface area contributed by atoms with Gasteiger partial charge in [0.2, 0.25) is 11.8 Å². The highest BCUT2D eigenvalue weighted by Gasteiger charge is 2.67. The molecule has 0 unspecified atom stereocenters. The molecule has 6 rings (SSSR count). The maximum atomic E-state index is 13.1. The van der Waals surface area contributed by atoms with Gasteiger partial charge in [0.1, 0.15) is 5.75 Å². The third-order valence-corrected chi connectivity index (χ3v) is 6.28. The summed E-state index contributed by atoms with van der Waals surface area (Å²) in [7, 11) is 1.38. The molecule has 7 heteroatoms. The Balaban J connectivity index is 1.57. The van der Waals surface area contributed by atoms with Crippen molar-refractivity contribution < 1.29 is 19.2 Å². The molecule has 4 aliphatic carbocycles. The first kappa shape index (κ1) is 14.6. The molecule has 128 valence electrons. The quantitative estimate of drug-likeness (QED) is 0.364. The van der Waals surface area contributed by atoms with E-state index in [1.807, 2.05) is 0 Å². The summed E-state index contributed by atoms with van der Waals surface area (Å²) in [4.78, 5) is 37.8. The van der Waals surface area contributed by atoms with Crippen LogP contribution in [0.5, 0.6) is 5.75 Å². The summed E-state index contributed by atoms with van der Waals surface area (Å²) in [5.41, 5.74) is 0.158. The van der Waals surface area contributed by atoms with Gasteiger partial charge in [-0.2, -0.15) is 0 Å². The lowest BCUT2D eigenvalue weighted by atomic mass is 9.63. The molecular formula is C18H16N2O5. The van der Waals surface area contributed by atoms with Crippen LogP contribution in [-0.2, 0) is 9.59 Å². The van der Waals surface area contributed by atoms with Crippen LogP contribution in [0.1, 0.15) is 6.42 Å². The van der Waals surface area contributed by atoms with Gasteiger partial charge in [0.15, 0.2) is 0 Å². The third kappa shape index (κ3) is 1.75. The first-order valence-electron chi connectivity index (χ1n) is 8.41. The SMILES string of the molecule is COc1cc([N+](=O)[O-])ccc1N1C(=O)[C@@H]2[C@H]3C=C[C@H]([C@H]4C[C@H]34)[C@@H]2C1=O. The number of hydrogen-bond acceptors (Lipinski definition) is 5. The number of non-ortho nitro benzene ring substituents is 1. The summed E-state index contributed by atoms with van der Waals surface area (Å²) in [6.45, 7) is 0. The van der Waals surface area contributed by atoms with Gasteiger partial charge in [0, 0.05) is 6.07 Å². The molecule has 2 bridgehead atoms. The van der Waals surface area contributed by atoms with Crippen molar-refractivity contribution in [1.29, 1.82) is 0 Å². The Morgan fingerprint density at radius 1 is 1.12 bits per heavy atom. The van der Waals surface area contributed by atoms with E-state index in [0.717, 1.165) is 6.42 Å². The fourth-order valence-electron chi connectivity index (χ4n) is 5.16. The van der Waals surface area contributed by atoms with Gasteiger partial charge in [-0.1, -0.05) is 12.2 Å². The van der Waals surface area contributed by atoms with E-state index < -0.39 is 4.92 Å². The van der Waals surface area contributed by atoms with Gasteiger partial charge in [0.05, 0.1) is 35.6 Å². The predicted octanol–water partition coefficient (Wildman–Crippen LogP) is 2.16. The number of anilines is 1. The molecule has 2 amide bonds. The zero-order valence-corrected chi connectivity index (χ0v) is 13.5. The zero-order chi connectivity index (χ0) is 17.5. The lowest BCUT2D eigenvalue weighted by Crippen LogP contribution is -2.40. The highest BCUT2D eigenvalue weighted by molar-refractivity contribution is 6.23. The second kappa shape index (κ2) is 4.68. The van der Waals surface area contributed by atoms with Gasteiger partial charge in [-0.25, -0.2) is 4.90 Å². The highest BCUT2D eigenvalue weighted by Crippen LogP contribution is 2.65. The van der Waals surface area contributed by atoms with Crippen LogP contribution in [-0.4, -0.2) is 23.8 Å². The topological polar surface area (TPSA) is 89.8 Å². The van der Waals surface area contributed by atoms with Crippen molar-refractivity contribution in [3.63, 3.8) is 0 Å². The van der Waals surface area contributed by atoms with E-state index in [0.29, 0.717) is 17.5 Å². The van der Waals surface area contributed by atoms with Crippen molar-refractivity contribution in [2.75, 3.05) is 12.0 Å². The van der Waals surface area contributed by atoms with E-state index in [9.17, 15) is 19.7 Å². The molecular weight excluding hydrogens is 324 g/mol. The molecule has 0 radical (unpaired) electrons. The number of allylic oxidation sites excluding steroid dienone is 2. The van der Waals surface area contributed by atoms with Crippen LogP contribution in [0.3, 0.4) is 0 Å². The smallest absolute Gasteiger partial charge is 0.273 e. The van der Waals surface area contributed by atoms with Gasteiger partial charge < -0.3 is 4.74 Å². The van der Waals surface area contributed by atoms with Gasteiger partial charge in [0.25, 0.3) is 5.69 Å². The van der Waals surface area contributed by atoms with Crippen molar-refractivity contribution in [1.82, 2.24) is 0 Å². The van der Waals surface area contributed by atoms with Crippen LogP contribution >= 0.6 is 0 Å². The van der Waals surface area contributed by atoms with E-state index in [1.54, 1.807) is 0 Å². The number of ether oxygens (including phenoxy) is 1. The standard InChI is InChI=1S/C18H16N2O5/c1-25-14-6-8(20(23)24)2-5-13(14)19-17(21)15-9-3-4-10(12-7-11(9)12)16(15)18(19)22/h2-6,9-12,15-16H,7H2,1H3/t9-,10+,11-,12-,15+,16-/m1/s1. The zero-order valence-electron chi connectivity index (χ0n) is 13.5. The predicted molar refractivity (Wildman–Crippen MR) is 86.8 cm³/mol. The number of rotatable bonds is 3. The largest absolute Gasteiger partial charge is 0.494 e. The fraction of sp³-hybridized carbons (Fsp3) is 0.444. The average Bonchev–Trinajstić information content (AvgIpc) is 3.39. The van der Waals surface area contributed by atoms with Crippen LogP contribution in [0.2, 0.25) is 0 Å². The molecule has 1 heterocycles. The Labute approximate surface area is 143 Å². The lowest BCUT2D eigenvalue weighted by Gasteiger charge is -2.37. The van der Waals surface area contributed by atoms with Crippen molar-refractivity contribution in [3.05, 3.63) is 40.5 Å². The Kier molecular flexibility index (Phi) is 2.74. The van der Waals surface area contributed by atoms with Crippen molar-refractivity contribution in [2.45, 2.75) is 6.42 Å². The van der Waals surface area contributed by atoms with Gasteiger partial charge >= 0.3 is 0 Å². The number of imide groups is 1. The second-order valence-corrected chi connectivity index (χ2v) is 7.28. The Morgan fingerprint density at radius 3 is 2.24 bits per heavy atom. The Hall–Kier alpha value is -2.70. The van der Waals surface area contributed by atoms with Gasteiger partial charge in [-0.15, -0.1) is 0 Å². The summed E-state index contributed by atoms with van der Waals surface area (Å²) < 4.78 is 5.23. The average molecular weight is 340 g/mol. The molecule has 6 atom stereocenters. The number of nitro benzene ring substituents is 1. The summed E-state index contributed by atoms with van der Waals surface area (Å²) in [5.74, 6) is 0.519. The molecule has 1 saturated heterocycles. The molecule has 1 aliphatic heterocycles. The normalized spacial score (nSPS) is 37.1. The number of carbonyl (C=O) groups is 2. The van der Waals surface area contributed by atoms with E-state index in [4.69, 9.17) is 4.74 Å². The molecule has 1 aromatic carbocycles. The number of amides is 2. The Morgan fingerprint density at radius 2 is 1.72 bits per heavy atom. The summed E-state index contributed by atoms with van der Waals surface area (Å²) in [5, 5.41) is 11.0. The second-order valence-electron chi connectivity index (χ2n) is 7.28. The molecule has 5 aliphatic rings. The molecule has 7 nitrogen and oxygen atoms in total. The van der Waals surface area contributed by atoms with Crippen molar-refractivity contribution in [2.24, 2.45) is 35.5 Å². The molecule has 25 heavy (non-hydrogen) atoms. The van der Waals surface area contributed by atoms with E-state index in [2.05, 4.69) is 12.2 Å². The number of nitrogens with zero attached hydrogens (tertiary/aromatic N) is 2. The lowest BCUT2D eigenvalue weighted by molar-refractivity contribution is -0.384. The molecule has 0 N–H and O–H groups in total. The van der Waals surface area contributed by atoms with E-state index in [-0.39, 0.29) is 46.9 Å². The van der Waals surface area contributed by atoms with Crippen molar-refractivity contribution >= 4 is 23.2 Å². The van der Waals surface area contributed by atoms with Crippen LogP contribution in [0.25, 0.3) is 0 Å². The molecule has 0 aromatic heterocycles. The monoisotopic (exact) mass is 340 g/mol. The van der Waals surface area contributed by atoms with Gasteiger partial charge in [-0.3, -0.25) is 19.7 Å². The van der Waals surface area contributed by atoms with Crippen molar-refractivity contribution in [3.8, 4) is 5.75 Å². The minimum Gasteiger partial charge on any atom is -0.494 e. The fourth-order valence-corrected chi connectivity index (χ4v) is 5.16. The highest BCUT2D eigenvalue weighted by atomic mass is 16.6. The minimum absolute atomic E-state index is 0.139. The van der Waals surface area contributed by atoms with Crippen LogP contribution in [0.15, 0.2) is 30.4 Å². The maximum Gasteiger partial charge on any atom is 0.273 e. The van der Waals surface area contributed by atoms with Crippen LogP contribution in [0.4, 0.5) is 11.4 Å². The van der Waals surface area contributed by atoms with Gasteiger partial charge in [-0.05, 0) is 36.2 Å². The Bertz CT molecular complexity index is 827. The summed E-state index contributed by atoms with van der Waals surface area (Å²) in [6, 6.07) is 3.98. The number of carbonyl (C=O) groups excluding carboxylic acids is 2. The maximum absolute atomic E-state index is 13.1.